The summed E-state index contributed by atoms with van der Waals surface area (Å²) >= 11 is 1.34. The van der Waals surface area contributed by atoms with Gasteiger partial charge in [-0.1, -0.05) is 133 Å². The van der Waals surface area contributed by atoms with Crippen LogP contribution in [-0.2, 0) is 110 Å². The molecule has 6 amide bonds. The molecule has 121 heavy (non-hydrogen) atoms. The minimum atomic E-state index is -1.62. The first kappa shape index (κ1) is 107. The van der Waals surface area contributed by atoms with E-state index in [1.165, 1.54) is 32.9 Å². The number of amides is 6. The van der Waals surface area contributed by atoms with E-state index in [4.69, 9.17) is 29.2 Å². The van der Waals surface area contributed by atoms with Crippen LogP contribution in [0.3, 0.4) is 0 Å². The summed E-state index contributed by atoms with van der Waals surface area (Å²) in [5.74, 6) is -14.5. The van der Waals surface area contributed by atoms with Crippen LogP contribution in [-0.4, -0.2) is 228 Å². The first-order valence-electron chi connectivity index (χ1n) is 40.8. The summed E-state index contributed by atoms with van der Waals surface area (Å²) in [6, 6.07) is 8.86. The molecule has 11 N–H and O–H groups in total. The van der Waals surface area contributed by atoms with Gasteiger partial charge in [0.05, 0.1) is 61.2 Å². The first-order valence-corrected chi connectivity index (χ1v) is 44.2. The molecule has 0 spiro atoms. The zero-order valence-electron chi connectivity index (χ0n) is 70.8. The Morgan fingerprint density at radius 1 is 0.645 bits per heavy atom. The van der Waals surface area contributed by atoms with Crippen LogP contribution < -0.4 is 26.6 Å². The maximum absolute atomic E-state index is 14.8. The molecule has 34 nitrogen and oxygen atoms in total. The minimum Gasteiger partial charge on any atom is -0.508 e. The number of phenols is 1. The van der Waals surface area contributed by atoms with Gasteiger partial charge in [0.1, 0.15) is 29.8 Å². The molecule has 0 radical (unpaired) electrons. The highest BCUT2D eigenvalue weighted by atomic mass is 33.1. The molecule has 3 aromatic rings. The molecular weight excluding hydrogens is 1630 g/mol. The van der Waals surface area contributed by atoms with Gasteiger partial charge in [0.25, 0.3) is 5.91 Å². The monoisotopic (exact) mass is 1750 g/mol. The number of hydrogen-bond acceptors (Lipinski definition) is 26. The average Bonchev–Trinajstić information content (AvgIpc) is 1.80. The number of aromatic hydroxyl groups is 1. The lowest BCUT2D eigenvalue weighted by atomic mass is 9.82. The number of carbonyl (C=O) groups is 16. The number of likely N-dealkylation sites (N-methyl/N-ethyl adjacent to an activating group) is 1. The zero-order valence-corrected chi connectivity index (χ0v) is 73.2. The summed E-state index contributed by atoms with van der Waals surface area (Å²) in [6.07, 6.45) is 4.83. The normalized spacial score (nSPS) is 14.9. The Morgan fingerprint density at radius 3 is 1.84 bits per heavy atom. The third-order valence-electron chi connectivity index (χ3n) is 20.2. The van der Waals surface area contributed by atoms with Crippen molar-refractivity contribution >= 4 is 134 Å². The molecule has 2 aromatic carbocycles. The van der Waals surface area contributed by atoms with Crippen molar-refractivity contribution in [2.45, 2.75) is 246 Å². The number of thiazole rings is 1. The molecule has 0 saturated carbocycles. The Morgan fingerprint density at radius 2 is 1.27 bits per heavy atom. The molecule has 0 bridgehead atoms. The Bertz CT molecular complexity index is 3890. The van der Waals surface area contributed by atoms with Crippen LogP contribution in [0.5, 0.6) is 5.75 Å². The fourth-order valence-corrected chi connectivity index (χ4v) is 16.0. The van der Waals surface area contributed by atoms with Gasteiger partial charge in [0, 0.05) is 91.8 Å². The van der Waals surface area contributed by atoms with E-state index in [0.29, 0.717) is 73.3 Å². The highest BCUT2D eigenvalue weighted by molar-refractivity contribution is 8.76. The van der Waals surface area contributed by atoms with E-state index in [1.807, 2.05) is 55.5 Å². The summed E-state index contributed by atoms with van der Waals surface area (Å²) in [6.45, 7) is 18.1. The van der Waals surface area contributed by atoms with Gasteiger partial charge >= 0.3 is 47.9 Å². The maximum atomic E-state index is 14.8. The fraction of sp³-hybridized carbons (Fsp3) is 0.619. The Labute approximate surface area is 717 Å². The molecule has 2 heterocycles. The van der Waals surface area contributed by atoms with Gasteiger partial charge < -0.3 is 71.6 Å². The largest absolute Gasteiger partial charge is 0.508 e. The number of esters is 2. The van der Waals surface area contributed by atoms with Crippen LogP contribution in [0.25, 0.3) is 0 Å². The fourth-order valence-electron chi connectivity index (χ4n) is 13.3. The molecule has 1 aromatic heterocycles. The third kappa shape index (κ3) is 43.4. The van der Waals surface area contributed by atoms with Gasteiger partial charge in [-0.25, -0.2) is 9.78 Å². The third-order valence-corrected chi connectivity index (χ3v) is 23.7. The number of carbonyl (C=O) groups excluding carboxylic acids is 13. The number of piperidine rings is 1. The lowest BCUT2D eigenvalue weighted by Gasteiger charge is -2.39. The minimum absolute atomic E-state index is 0.00929. The average molecular weight is 1760 g/mol. The molecule has 0 aliphatic carbocycles. The van der Waals surface area contributed by atoms with Crippen LogP contribution in [0.2, 0.25) is 0 Å². The zero-order chi connectivity index (χ0) is 90.8. The van der Waals surface area contributed by atoms with Crippen molar-refractivity contribution in [1.29, 1.82) is 0 Å². The molecule has 4 rings (SSSR count). The summed E-state index contributed by atoms with van der Waals surface area (Å²) in [7, 11) is 4.50. The van der Waals surface area contributed by atoms with Crippen molar-refractivity contribution in [2.24, 2.45) is 35.5 Å². The Balaban J connectivity index is 0.000000796. The van der Waals surface area contributed by atoms with Gasteiger partial charge in [0.2, 0.25) is 29.5 Å². The second-order valence-corrected chi connectivity index (χ2v) is 34.0. The summed E-state index contributed by atoms with van der Waals surface area (Å²) in [5.41, 5.74) is 2.11. The number of carboxylic acid groups (broad SMARTS) is 5. The summed E-state index contributed by atoms with van der Waals surface area (Å²) < 4.78 is 10.6. The number of aromatic nitrogens is 1. The molecule has 11 atom stereocenters. The molecule has 1 aliphatic rings. The molecular formula is C84H122N8O26S3. The van der Waals surface area contributed by atoms with Crippen LogP contribution in [0.1, 0.15) is 229 Å². The van der Waals surface area contributed by atoms with Crippen molar-refractivity contribution < 1.29 is 126 Å². The quantitative estimate of drug-likeness (QED) is 0.0109. The van der Waals surface area contributed by atoms with Gasteiger partial charge in [-0.2, -0.15) is 9.59 Å². The molecule has 1 saturated heterocycles. The smallest absolute Gasteiger partial charge is 0.373 e. The van der Waals surface area contributed by atoms with Crippen molar-refractivity contribution in [3.63, 3.8) is 0 Å². The molecule has 1 aliphatic heterocycles. The molecule has 1 fully saturated rings. The highest BCUT2D eigenvalue weighted by Gasteiger charge is 2.40. The lowest BCUT2D eigenvalue weighted by Crippen LogP contribution is -2.50. The van der Waals surface area contributed by atoms with Gasteiger partial charge in [-0.05, 0) is 125 Å². The van der Waals surface area contributed by atoms with E-state index < -0.39 is 120 Å². The van der Waals surface area contributed by atoms with E-state index in [2.05, 4.69) is 31.5 Å². The second-order valence-electron chi connectivity index (χ2n) is 30.3. The predicted molar refractivity (Wildman–Crippen MR) is 448 cm³/mol. The predicted octanol–water partition coefficient (Wildman–Crippen LogP) is 8.41. The summed E-state index contributed by atoms with van der Waals surface area (Å²) in [4.78, 5) is 225. The number of ether oxygens (including phenoxy) is 2. The Hall–Kier alpha value is -9.97. The topological polar surface area (TPSA) is 527 Å². The Kier molecular flexibility index (Phi) is 52.1. The number of nitrogens with one attached hydrogen (secondary N) is 5. The number of Topliss-reactive ketones (excluding diaryl/α,β-unsaturated/α-hetero) is 3. The van der Waals surface area contributed by atoms with E-state index >= 15 is 0 Å². The van der Waals surface area contributed by atoms with E-state index in [9.17, 15) is 102 Å². The van der Waals surface area contributed by atoms with Crippen LogP contribution in [0, 0.1) is 35.5 Å². The number of ketones is 3. The van der Waals surface area contributed by atoms with Gasteiger partial charge in [-0.3, -0.25) is 76.8 Å². The van der Waals surface area contributed by atoms with Crippen LogP contribution in [0.15, 0.2) is 53.9 Å². The van der Waals surface area contributed by atoms with Gasteiger partial charge in [0.15, 0.2) is 18.3 Å². The number of nitrogens with zero attached hydrogens (tertiary/aromatic N) is 3. The first-order chi connectivity index (χ1) is 57.3. The van der Waals surface area contributed by atoms with E-state index in [-0.39, 0.29) is 173 Å². The van der Waals surface area contributed by atoms with E-state index in [1.54, 1.807) is 72.7 Å². The molecule has 672 valence electrons. The highest BCUT2D eigenvalue weighted by Crippen LogP contribution is 2.34. The SMILES string of the molecule is CCCC(=O)OCN(C(=O)[C@@H](CC(=O)[C@H]1CCCCN1C)C(C)CC)[C@H](C[C@@H](C)c1nc(C(=O)N[C@@H](Cc2ccc(O)cc2)C[C@H](C)C(=O)NCC(=O)OCC)cs1)C(C)C.CCSSC[C@H](NC(=O)[C@H](CC(=O)O)CC(=O)[C@H](CC(=O)O)NC(=O)Cc1ccc(CC(=O)NCCCC[C@H](CC(=O)CCCCC(=O)O)C(=O)O)cc1)C(=O)O.O=C=O. The van der Waals surface area contributed by atoms with Crippen molar-refractivity contribution in [1.82, 2.24) is 41.4 Å². The summed E-state index contributed by atoms with van der Waals surface area (Å²) in [5, 5.41) is 71.5. The molecule has 1 unspecified atom stereocenters. The van der Waals surface area contributed by atoms with Crippen molar-refractivity contribution in [3.8, 4) is 5.75 Å². The number of aliphatic carboxylic acids is 5. The lowest BCUT2D eigenvalue weighted by molar-refractivity contribution is -0.192. The number of likely N-dealkylation sites (tertiary alicyclic amines) is 1. The number of benzene rings is 2. The standard InChI is InChI=1S/C46H71N5O9S.C37H51N3O15S2.CO2/c1-10-15-41(54)60-28-51(46(58)36(30(6)11-2)25-40(53)38-16-13-14-21-50(38)9)39(29(4)5)23-32(8)45-49-37(27-61-45)44(57)48-34(24-33-17-19-35(52)20-18-33)22-31(7)43(56)47-26-42(55)59-12-3;1-2-56-57-21-28(37(54)55)40-35(51)25(19-33(47)48)18-29(42)27(20-34(49)50)39-31(44)16-23-12-10-22(11-13-23)15-30(43)38-14-6-5-7-24(36(52)53)17-26(41)8-3-4-9-32(45)46;2-1-3/h17-20,27,29-32,34,36,38-39,52H,10-16,21-26,28H2,1-9H3,(H,47,56)(H,48,57);10-13,24-25,27-28H,2-9,14-21H2,1H3,(H,38,43)(H,39,44)(H,40,51)(H,45,46)(H,47,48)(H,49,50)(H,52,53)(H,54,55);/t30?,31-,32+,34+,36-,38+,39+;24-,25+,27+,28+;/m01./s1. The second kappa shape index (κ2) is 58.9. The van der Waals surface area contributed by atoms with E-state index in [0.717, 1.165) is 31.4 Å². The van der Waals surface area contributed by atoms with Crippen molar-refractivity contribution in [2.75, 3.05) is 51.5 Å². The number of carboxylic acids is 5. The van der Waals surface area contributed by atoms with Crippen molar-refractivity contribution in [3.05, 3.63) is 81.3 Å². The number of phenolic OH excluding ortho intramolecular Hbond substituents is 1. The number of hydrogen-bond donors (Lipinski definition) is 11. The van der Waals surface area contributed by atoms with Gasteiger partial charge in [-0.15, -0.1) is 11.3 Å². The number of rotatable bonds is 57. The maximum Gasteiger partial charge on any atom is 0.373 e. The van der Waals surface area contributed by atoms with Crippen LogP contribution >= 0.6 is 32.9 Å². The molecule has 37 heteroatoms. The van der Waals surface area contributed by atoms with Crippen LogP contribution in [0.4, 0.5) is 0 Å². The number of unbranched alkanes of at least 4 members (excludes halogenated alkanes) is 2.